The molecule has 0 amide bonds. The first-order valence-corrected chi connectivity index (χ1v) is 10.4. The topological polar surface area (TPSA) is 28.2 Å². The number of nitrogens with zero attached hydrogens (tertiary/aromatic N) is 2. The first kappa shape index (κ1) is 26.6. The first-order valence-electron chi connectivity index (χ1n) is 10.4. The van der Waals surface area contributed by atoms with Crippen molar-refractivity contribution in [2.45, 2.75) is 40.0 Å². The number of aromatic nitrogens is 1. The second-order valence-corrected chi connectivity index (χ2v) is 8.35. The van der Waals surface area contributed by atoms with Crippen molar-refractivity contribution in [3.8, 4) is 11.3 Å². The second kappa shape index (κ2) is 11.8. The number of hydrogen-bond acceptors (Lipinski definition) is 3. The van der Waals surface area contributed by atoms with Crippen LogP contribution in [0.3, 0.4) is 0 Å². The number of para-hydroxylation sites is 1. The maximum absolute atomic E-state index is 4.92. The summed E-state index contributed by atoms with van der Waals surface area (Å²) in [6, 6.07) is 19.4. The van der Waals surface area contributed by atoms with Gasteiger partial charge in [0.15, 0.2) is 0 Å². The number of rotatable bonds is 7. The van der Waals surface area contributed by atoms with Crippen molar-refractivity contribution in [1.82, 2.24) is 9.88 Å². The molecule has 5 heteroatoms. The fraction of sp³-hybridized carbons (Fsp3) is 0.400. The third kappa shape index (κ3) is 6.53. The van der Waals surface area contributed by atoms with Crippen LogP contribution in [-0.4, -0.2) is 36.1 Å². The van der Waals surface area contributed by atoms with Crippen LogP contribution in [0, 0.1) is 0 Å². The van der Waals surface area contributed by atoms with Crippen LogP contribution in [0.4, 0.5) is 5.69 Å². The number of pyridine rings is 1. The second-order valence-electron chi connectivity index (χ2n) is 8.35. The quantitative estimate of drug-likeness (QED) is 0.348. The average Bonchev–Trinajstić information content (AvgIpc) is 2.70. The summed E-state index contributed by atoms with van der Waals surface area (Å²) in [5.41, 5.74) is 5.87. The number of likely N-dealkylation sites (N-methyl/N-ethyl adjacent to an activating group) is 1. The van der Waals surface area contributed by atoms with Crippen molar-refractivity contribution in [2.75, 3.05) is 31.5 Å². The molecule has 1 aromatic heterocycles. The van der Waals surface area contributed by atoms with Crippen LogP contribution in [0.2, 0.25) is 0 Å². The highest BCUT2D eigenvalue weighted by atomic mass is 79.9. The van der Waals surface area contributed by atoms with Gasteiger partial charge in [-0.05, 0) is 36.2 Å². The summed E-state index contributed by atoms with van der Waals surface area (Å²) < 4.78 is 0. The van der Waals surface area contributed by atoms with E-state index in [1.807, 2.05) is 0 Å². The van der Waals surface area contributed by atoms with Crippen LogP contribution in [-0.2, 0) is 5.41 Å². The van der Waals surface area contributed by atoms with Crippen LogP contribution in [0.15, 0.2) is 54.6 Å². The van der Waals surface area contributed by atoms with Crippen molar-refractivity contribution in [3.05, 3.63) is 60.2 Å². The van der Waals surface area contributed by atoms with Gasteiger partial charge in [-0.15, -0.1) is 34.0 Å². The van der Waals surface area contributed by atoms with Gasteiger partial charge in [0.1, 0.15) is 0 Å². The molecule has 0 saturated heterocycles. The molecule has 1 N–H and O–H groups in total. The molecular formula is C25H35Br2N3. The monoisotopic (exact) mass is 535 g/mol. The molecule has 3 aromatic rings. The Hall–Kier alpha value is -1.43. The minimum atomic E-state index is 0. The van der Waals surface area contributed by atoms with Crippen molar-refractivity contribution >= 4 is 50.6 Å². The minimum Gasteiger partial charge on any atom is -0.383 e. The minimum absolute atomic E-state index is 0. The SMILES string of the molecule is Br.Br.CCN(CC)CCNc1cc(-c2ccc(C(C)(C)C)cc2)nc2ccccc12. The highest BCUT2D eigenvalue weighted by molar-refractivity contribution is 8.93. The van der Waals surface area contributed by atoms with E-state index in [1.54, 1.807) is 0 Å². The molecule has 1 heterocycles. The zero-order chi connectivity index (χ0) is 20.1. The Balaban J connectivity index is 0.00000225. The number of fused-ring (bicyclic) bond motifs is 1. The van der Waals surface area contributed by atoms with Gasteiger partial charge >= 0.3 is 0 Å². The highest BCUT2D eigenvalue weighted by Crippen LogP contribution is 2.30. The van der Waals surface area contributed by atoms with Crippen LogP contribution >= 0.6 is 34.0 Å². The van der Waals surface area contributed by atoms with Gasteiger partial charge in [-0.3, -0.25) is 0 Å². The van der Waals surface area contributed by atoms with Gasteiger partial charge in [0.2, 0.25) is 0 Å². The summed E-state index contributed by atoms with van der Waals surface area (Å²) >= 11 is 0. The van der Waals surface area contributed by atoms with E-state index in [9.17, 15) is 0 Å². The Morgan fingerprint density at radius 1 is 0.900 bits per heavy atom. The lowest BCUT2D eigenvalue weighted by atomic mass is 9.86. The van der Waals surface area contributed by atoms with Crippen LogP contribution < -0.4 is 5.32 Å². The predicted octanol–water partition coefficient (Wildman–Crippen LogP) is 7.11. The van der Waals surface area contributed by atoms with Gasteiger partial charge in [0.25, 0.3) is 0 Å². The van der Waals surface area contributed by atoms with Gasteiger partial charge in [0.05, 0.1) is 11.2 Å². The van der Waals surface area contributed by atoms with E-state index in [4.69, 9.17) is 4.98 Å². The van der Waals surface area contributed by atoms with Crippen LogP contribution in [0.25, 0.3) is 22.2 Å². The summed E-state index contributed by atoms with van der Waals surface area (Å²) in [4.78, 5) is 7.36. The molecule has 3 nitrogen and oxygen atoms in total. The molecule has 0 aliphatic heterocycles. The van der Waals surface area contributed by atoms with Crippen LogP contribution in [0.1, 0.15) is 40.2 Å². The zero-order valence-corrected chi connectivity index (χ0v) is 22.2. The summed E-state index contributed by atoms with van der Waals surface area (Å²) in [6.07, 6.45) is 0. The van der Waals surface area contributed by atoms with Gasteiger partial charge in [-0.1, -0.05) is 77.1 Å². The molecule has 0 unspecified atom stereocenters. The summed E-state index contributed by atoms with van der Waals surface area (Å²) in [5.74, 6) is 0. The first-order chi connectivity index (χ1) is 13.4. The molecule has 0 bridgehead atoms. The molecule has 0 atom stereocenters. The molecule has 0 radical (unpaired) electrons. The standard InChI is InChI=1S/C25H33N3.2BrH/c1-6-28(7-2)17-16-26-24-18-23(27-22-11-9-8-10-21(22)24)19-12-14-20(15-13-19)25(3,4)5;;/h8-15,18H,6-7,16-17H2,1-5H3,(H,26,27);2*1H. The summed E-state index contributed by atoms with van der Waals surface area (Å²) in [5, 5.41) is 4.83. The molecule has 0 fully saturated rings. The number of anilines is 1. The summed E-state index contributed by atoms with van der Waals surface area (Å²) in [6.45, 7) is 15.3. The number of benzene rings is 2. The van der Waals surface area contributed by atoms with Crippen LogP contribution in [0.5, 0.6) is 0 Å². The Bertz CT molecular complexity index is 914. The maximum atomic E-state index is 4.92. The third-order valence-electron chi connectivity index (χ3n) is 5.40. The lowest BCUT2D eigenvalue weighted by molar-refractivity contribution is 0.316. The lowest BCUT2D eigenvalue weighted by Crippen LogP contribution is -2.28. The Kier molecular flexibility index (Phi) is 10.5. The molecule has 0 aliphatic rings. The predicted molar refractivity (Wildman–Crippen MR) is 143 cm³/mol. The number of halogens is 2. The van der Waals surface area contributed by atoms with Crippen molar-refractivity contribution in [1.29, 1.82) is 0 Å². The largest absolute Gasteiger partial charge is 0.383 e. The van der Waals surface area contributed by atoms with Gasteiger partial charge in [-0.25, -0.2) is 4.98 Å². The molecule has 0 spiro atoms. The average molecular weight is 537 g/mol. The maximum Gasteiger partial charge on any atom is 0.0730 e. The normalized spacial score (nSPS) is 11.1. The number of nitrogens with one attached hydrogen (secondary N) is 1. The molecule has 0 aliphatic carbocycles. The van der Waals surface area contributed by atoms with Gasteiger partial charge in [0, 0.05) is 29.7 Å². The lowest BCUT2D eigenvalue weighted by Gasteiger charge is -2.20. The zero-order valence-electron chi connectivity index (χ0n) is 18.7. The molecule has 3 rings (SSSR count). The van der Waals surface area contributed by atoms with E-state index >= 15 is 0 Å². The molecular weight excluding hydrogens is 502 g/mol. The summed E-state index contributed by atoms with van der Waals surface area (Å²) in [7, 11) is 0. The van der Waals surface area contributed by atoms with E-state index in [0.717, 1.165) is 48.6 Å². The highest BCUT2D eigenvalue weighted by Gasteiger charge is 2.14. The Morgan fingerprint density at radius 3 is 2.13 bits per heavy atom. The van der Waals surface area contributed by atoms with E-state index < -0.39 is 0 Å². The van der Waals surface area contributed by atoms with E-state index in [1.165, 1.54) is 10.9 Å². The Morgan fingerprint density at radius 2 is 1.53 bits per heavy atom. The van der Waals surface area contributed by atoms with Crippen molar-refractivity contribution in [2.24, 2.45) is 0 Å². The van der Waals surface area contributed by atoms with E-state index in [-0.39, 0.29) is 39.4 Å². The molecule has 0 saturated carbocycles. The molecule has 30 heavy (non-hydrogen) atoms. The van der Waals surface area contributed by atoms with Gasteiger partial charge in [-0.2, -0.15) is 0 Å². The van der Waals surface area contributed by atoms with E-state index in [0.29, 0.717) is 0 Å². The smallest absolute Gasteiger partial charge is 0.0730 e. The molecule has 2 aromatic carbocycles. The van der Waals surface area contributed by atoms with Crippen molar-refractivity contribution < 1.29 is 0 Å². The third-order valence-corrected chi connectivity index (χ3v) is 5.40. The fourth-order valence-corrected chi connectivity index (χ4v) is 3.50. The van der Waals surface area contributed by atoms with Gasteiger partial charge < -0.3 is 10.2 Å². The number of hydrogen-bond donors (Lipinski definition) is 1. The fourth-order valence-electron chi connectivity index (χ4n) is 3.50. The van der Waals surface area contributed by atoms with Crippen molar-refractivity contribution in [3.63, 3.8) is 0 Å². The molecule has 164 valence electrons. The van der Waals surface area contributed by atoms with E-state index in [2.05, 4.69) is 99.4 Å². The Labute approximate surface area is 202 Å².